The first-order valence-electron chi connectivity index (χ1n) is 8.40. The van der Waals surface area contributed by atoms with Gasteiger partial charge in [0.2, 0.25) is 0 Å². The van der Waals surface area contributed by atoms with Crippen molar-refractivity contribution in [2.45, 2.75) is 33.1 Å². The summed E-state index contributed by atoms with van der Waals surface area (Å²) in [7, 11) is 0. The number of halogens is 1. The molecular weight excluding hydrogens is 315 g/mol. The Morgan fingerprint density at radius 3 is 2.40 bits per heavy atom. The van der Waals surface area contributed by atoms with Gasteiger partial charge in [-0.15, -0.1) is 0 Å². The lowest BCUT2D eigenvalue weighted by Gasteiger charge is -2.07. The van der Waals surface area contributed by atoms with Crippen LogP contribution in [0.5, 0.6) is 0 Å². The van der Waals surface area contributed by atoms with Gasteiger partial charge >= 0.3 is 5.97 Å². The zero-order valence-electron chi connectivity index (χ0n) is 14.6. The molecule has 0 heterocycles. The van der Waals surface area contributed by atoms with Crippen LogP contribution in [0.2, 0.25) is 0 Å². The summed E-state index contributed by atoms with van der Waals surface area (Å²) in [4.78, 5) is 11.2. The quantitative estimate of drug-likeness (QED) is 0.771. The van der Waals surface area contributed by atoms with Gasteiger partial charge in [-0.3, -0.25) is 4.79 Å². The highest BCUT2D eigenvalue weighted by Crippen LogP contribution is 2.43. The van der Waals surface area contributed by atoms with E-state index in [4.69, 9.17) is 0 Å². The van der Waals surface area contributed by atoms with Crippen LogP contribution in [0.3, 0.4) is 0 Å². The average molecular weight is 336 g/mol. The van der Waals surface area contributed by atoms with Gasteiger partial charge < -0.3 is 5.11 Å². The smallest absolute Gasteiger partial charge is 0.307 e. The topological polar surface area (TPSA) is 37.3 Å². The molecule has 1 aliphatic carbocycles. The molecule has 1 aliphatic rings. The highest BCUT2D eigenvalue weighted by Gasteiger charge is 2.25. The van der Waals surface area contributed by atoms with E-state index in [1.807, 2.05) is 13.0 Å². The molecule has 0 spiro atoms. The van der Waals surface area contributed by atoms with Crippen LogP contribution in [0.15, 0.2) is 48.0 Å². The third-order valence-corrected chi connectivity index (χ3v) is 4.70. The number of carboxylic acid groups (broad SMARTS) is 1. The SMILES string of the molecule is CC1=C(CC(=O)O)c2cc(F)ccc2/C1=C/c1ccc(C(C)C)cc1. The molecule has 0 radical (unpaired) electrons. The Morgan fingerprint density at radius 1 is 1.12 bits per heavy atom. The standard InChI is InChI=1S/C22H21FO2/c1-13(2)16-6-4-15(5-7-16)10-19-14(3)20(12-22(24)25)21-11-17(23)8-9-18(19)21/h4-11,13H,12H2,1-3H3,(H,24,25)/b19-10+. The minimum Gasteiger partial charge on any atom is -0.481 e. The fourth-order valence-electron chi connectivity index (χ4n) is 3.28. The van der Waals surface area contributed by atoms with Crippen molar-refractivity contribution in [3.63, 3.8) is 0 Å². The molecule has 0 fully saturated rings. The lowest BCUT2D eigenvalue weighted by atomic mass is 9.98. The molecule has 1 N–H and O–H groups in total. The molecule has 3 rings (SSSR count). The Balaban J connectivity index is 2.09. The second-order valence-corrected chi connectivity index (χ2v) is 6.74. The minimum atomic E-state index is -0.910. The van der Waals surface area contributed by atoms with Crippen molar-refractivity contribution in [1.82, 2.24) is 0 Å². The molecule has 0 amide bonds. The average Bonchev–Trinajstić information content (AvgIpc) is 2.80. The predicted octanol–water partition coefficient (Wildman–Crippen LogP) is 5.75. The number of hydrogen-bond donors (Lipinski definition) is 1. The van der Waals surface area contributed by atoms with Crippen LogP contribution in [-0.2, 0) is 4.79 Å². The lowest BCUT2D eigenvalue weighted by molar-refractivity contribution is -0.135. The van der Waals surface area contributed by atoms with Gasteiger partial charge in [0.15, 0.2) is 0 Å². The largest absolute Gasteiger partial charge is 0.481 e. The van der Waals surface area contributed by atoms with Crippen LogP contribution in [0.4, 0.5) is 4.39 Å². The van der Waals surface area contributed by atoms with Gasteiger partial charge in [-0.05, 0) is 70.0 Å². The summed E-state index contributed by atoms with van der Waals surface area (Å²) in [6, 6.07) is 12.9. The molecule has 0 saturated heterocycles. The van der Waals surface area contributed by atoms with Crippen LogP contribution < -0.4 is 0 Å². The molecule has 128 valence electrons. The first-order chi connectivity index (χ1) is 11.9. The number of hydrogen-bond acceptors (Lipinski definition) is 1. The van der Waals surface area contributed by atoms with Crippen LogP contribution in [0.25, 0.3) is 17.2 Å². The zero-order valence-corrected chi connectivity index (χ0v) is 14.6. The third-order valence-electron chi connectivity index (χ3n) is 4.70. The van der Waals surface area contributed by atoms with Crippen LogP contribution in [-0.4, -0.2) is 11.1 Å². The predicted molar refractivity (Wildman–Crippen MR) is 99.6 cm³/mol. The molecular formula is C22H21FO2. The Labute approximate surface area is 147 Å². The zero-order chi connectivity index (χ0) is 18.1. The third kappa shape index (κ3) is 3.41. The molecule has 0 saturated carbocycles. The minimum absolute atomic E-state index is 0.105. The Bertz CT molecular complexity index is 887. The molecule has 0 aliphatic heterocycles. The van der Waals surface area contributed by atoms with Crippen LogP contribution in [0, 0.1) is 5.82 Å². The molecule has 3 heteroatoms. The Kier molecular flexibility index (Phi) is 4.58. The number of benzene rings is 2. The van der Waals surface area contributed by atoms with E-state index < -0.39 is 5.97 Å². The van der Waals surface area contributed by atoms with E-state index in [1.54, 1.807) is 6.07 Å². The molecule has 0 aromatic heterocycles. The number of carbonyl (C=O) groups is 1. The van der Waals surface area contributed by atoms with E-state index in [2.05, 4.69) is 38.1 Å². The molecule has 2 aromatic rings. The van der Waals surface area contributed by atoms with Gasteiger partial charge in [0, 0.05) is 0 Å². The van der Waals surface area contributed by atoms with Crippen molar-refractivity contribution >= 4 is 23.2 Å². The maximum Gasteiger partial charge on any atom is 0.307 e. The van der Waals surface area contributed by atoms with E-state index in [0.29, 0.717) is 17.1 Å². The molecule has 0 bridgehead atoms. The Hall–Kier alpha value is -2.68. The van der Waals surface area contributed by atoms with Crippen molar-refractivity contribution in [1.29, 1.82) is 0 Å². The van der Waals surface area contributed by atoms with E-state index in [9.17, 15) is 14.3 Å². The van der Waals surface area contributed by atoms with Crippen molar-refractivity contribution in [2.75, 3.05) is 0 Å². The molecule has 2 aromatic carbocycles. The van der Waals surface area contributed by atoms with E-state index in [-0.39, 0.29) is 12.2 Å². The van der Waals surface area contributed by atoms with E-state index in [1.165, 1.54) is 17.7 Å². The van der Waals surface area contributed by atoms with E-state index in [0.717, 1.165) is 22.3 Å². The van der Waals surface area contributed by atoms with Gasteiger partial charge in [-0.2, -0.15) is 0 Å². The summed E-state index contributed by atoms with van der Waals surface area (Å²) in [6.45, 7) is 6.21. The summed E-state index contributed by atoms with van der Waals surface area (Å²) in [5.41, 5.74) is 6.44. The molecule has 0 atom stereocenters. The fraction of sp³-hybridized carbons (Fsp3) is 0.227. The summed E-state index contributed by atoms with van der Waals surface area (Å²) in [5.74, 6) is -0.787. The first kappa shape index (κ1) is 17.2. The normalized spacial score (nSPS) is 15.2. The second kappa shape index (κ2) is 6.67. The maximum atomic E-state index is 13.7. The van der Waals surface area contributed by atoms with Crippen LogP contribution >= 0.6 is 0 Å². The molecule has 0 unspecified atom stereocenters. The number of aliphatic carboxylic acids is 1. The number of rotatable bonds is 4. The van der Waals surface area contributed by atoms with Gasteiger partial charge in [-0.1, -0.05) is 44.2 Å². The van der Waals surface area contributed by atoms with Gasteiger partial charge in [0.1, 0.15) is 5.82 Å². The summed E-state index contributed by atoms with van der Waals surface area (Å²) in [6.07, 6.45) is 1.94. The summed E-state index contributed by atoms with van der Waals surface area (Å²) >= 11 is 0. The monoisotopic (exact) mass is 336 g/mol. The summed E-state index contributed by atoms with van der Waals surface area (Å²) < 4.78 is 13.7. The maximum absolute atomic E-state index is 13.7. The van der Waals surface area contributed by atoms with Crippen molar-refractivity contribution in [3.05, 3.63) is 76.1 Å². The van der Waals surface area contributed by atoms with Crippen molar-refractivity contribution < 1.29 is 14.3 Å². The lowest BCUT2D eigenvalue weighted by Crippen LogP contribution is -1.97. The number of allylic oxidation sites excluding steroid dienone is 2. The highest BCUT2D eigenvalue weighted by atomic mass is 19.1. The van der Waals surface area contributed by atoms with Gasteiger partial charge in [-0.25, -0.2) is 4.39 Å². The first-order valence-corrected chi connectivity index (χ1v) is 8.40. The highest BCUT2D eigenvalue weighted by molar-refractivity contribution is 6.07. The second-order valence-electron chi connectivity index (χ2n) is 6.74. The molecule has 25 heavy (non-hydrogen) atoms. The number of carboxylic acids is 1. The summed E-state index contributed by atoms with van der Waals surface area (Å²) in [5, 5.41) is 9.20. The van der Waals surface area contributed by atoms with Gasteiger partial charge in [0.05, 0.1) is 6.42 Å². The van der Waals surface area contributed by atoms with Gasteiger partial charge in [0.25, 0.3) is 0 Å². The van der Waals surface area contributed by atoms with Crippen molar-refractivity contribution in [2.24, 2.45) is 0 Å². The van der Waals surface area contributed by atoms with E-state index >= 15 is 0 Å². The molecule has 2 nitrogen and oxygen atoms in total. The van der Waals surface area contributed by atoms with Crippen molar-refractivity contribution in [3.8, 4) is 0 Å². The Morgan fingerprint density at radius 2 is 1.80 bits per heavy atom. The van der Waals surface area contributed by atoms with Crippen LogP contribution in [0.1, 0.15) is 55.4 Å². The number of fused-ring (bicyclic) bond motifs is 1. The fourth-order valence-corrected chi connectivity index (χ4v) is 3.28.